The molecule has 0 aliphatic heterocycles. The quantitative estimate of drug-likeness (QED) is 0.496. The third kappa shape index (κ3) is 7.55. The number of rotatable bonds is 9. The van der Waals surface area contributed by atoms with Crippen molar-refractivity contribution in [1.82, 2.24) is 10.6 Å². The van der Waals surface area contributed by atoms with Gasteiger partial charge in [-0.05, 0) is 24.3 Å². The first-order valence-electron chi connectivity index (χ1n) is 8.78. The van der Waals surface area contributed by atoms with Gasteiger partial charge in [0.1, 0.15) is 30.7 Å². The molecule has 0 saturated carbocycles. The van der Waals surface area contributed by atoms with Gasteiger partial charge in [-0.1, -0.05) is 18.2 Å². The summed E-state index contributed by atoms with van der Waals surface area (Å²) in [6.45, 7) is 3.36. The van der Waals surface area contributed by atoms with Crippen LogP contribution in [0.5, 0.6) is 11.5 Å². The van der Waals surface area contributed by atoms with E-state index in [4.69, 9.17) is 13.9 Å². The minimum Gasteiger partial charge on any atom is -0.491 e. The topological polar surface area (TPSA) is 93.0 Å². The van der Waals surface area contributed by atoms with E-state index >= 15 is 0 Å². The molecule has 0 aliphatic rings. The average molecular weight is 374 g/mol. The van der Waals surface area contributed by atoms with E-state index in [0.29, 0.717) is 19.7 Å². The Bertz CT molecular complexity index is 775. The number of nitrogens with one attached hydrogen (secondary N) is 2. The molecule has 0 fully saturated rings. The van der Waals surface area contributed by atoms with Crippen LogP contribution in [0.25, 0.3) is 11.2 Å². The van der Waals surface area contributed by atoms with E-state index in [2.05, 4.69) is 10.6 Å². The first-order valence-corrected chi connectivity index (χ1v) is 8.78. The highest BCUT2D eigenvalue weighted by atomic mass is 16.5. The molecule has 3 N–H and O–H groups in total. The van der Waals surface area contributed by atoms with Gasteiger partial charge in [0, 0.05) is 33.1 Å². The van der Waals surface area contributed by atoms with E-state index in [9.17, 15) is 9.90 Å². The summed E-state index contributed by atoms with van der Waals surface area (Å²) >= 11 is 0. The molecule has 7 nitrogen and oxygen atoms in total. The van der Waals surface area contributed by atoms with Crippen LogP contribution in [0, 0.1) is 0 Å². The second-order valence-corrected chi connectivity index (χ2v) is 5.85. The molecule has 27 heavy (non-hydrogen) atoms. The molecule has 146 valence electrons. The van der Waals surface area contributed by atoms with Gasteiger partial charge < -0.3 is 29.6 Å². The highest BCUT2D eigenvalue weighted by Crippen LogP contribution is 2.28. The Morgan fingerprint density at radius 1 is 1.19 bits per heavy atom. The largest absolute Gasteiger partial charge is 0.491 e. The van der Waals surface area contributed by atoms with Crippen molar-refractivity contribution in [1.29, 1.82) is 0 Å². The predicted octanol–water partition coefficient (Wildman–Crippen LogP) is 2.03. The van der Waals surface area contributed by atoms with Crippen molar-refractivity contribution in [3.05, 3.63) is 48.5 Å². The molecule has 7 heteroatoms. The third-order valence-corrected chi connectivity index (χ3v) is 3.60. The van der Waals surface area contributed by atoms with Gasteiger partial charge >= 0.3 is 0 Å². The van der Waals surface area contributed by atoms with Crippen LogP contribution >= 0.6 is 0 Å². The number of benzene rings is 2. The van der Waals surface area contributed by atoms with Crippen molar-refractivity contribution in [2.24, 2.45) is 0 Å². The van der Waals surface area contributed by atoms with Crippen LogP contribution in [-0.4, -0.2) is 50.5 Å². The lowest BCUT2D eigenvalue weighted by molar-refractivity contribution is -0.118. The zero-order valence-electron chi connectivity index (χ0n) is 15.6. The maximum atomic E-state index is 9.83. The van der Waals surface area contributed by atoms with Crippen molar-refractivity contribution < 1.29 is 23.8 Å². The van der Waals surface area contributed by atoms with Crippen LogP contribution in [0.2, 0.25) is 0 Å². The Labute approximate surface area is 158 Å². The van der Waals surface area contributed by atoms with Crippen molar-refractivity contribution in [3.8, 4) is 11.5 Å². The summed E-state index contributed by atoms with van der Waals surface area (Å²) < 4.78 is 16.5. The molecule has 3 rings (SSSR count). The molecule has 2 heterocycles. The Kier molecular flexibility index (Phi) is 8.41. The maximum absolute atomic E-state index is 9.83. The molecule has 0 aliphatic carbocycles. The fourth-order valence-corrected chi connectivity index (χ4v) is 2.15. The van der Waals surface area contributed by atoms with E-state index in [0.717, 1.165) is 22.7 Å². The standard InChI is InChI=1S/C17H19NO4.C3H7NO/c19-13(12-21-14-4-2-1-3-5-14)11-18-8-9-20-17-10-15-6-7-16(17)22-15;1-3(5)4-2/h1-7,10,13,18-19H,8-9,11-12H2;1-2H3,(H,4,5). The van der Waals surface area contributed by atoms with Crippen molar-refractivity contribution in [2.45, 2.75) is 13.0 Å². The van der Waals surface area contributed by atoms with Gasteiger partial charge in [0.2, 0.25) is 5.91 Å². The summed E-state index contributed by atoms with van der Waals surface area (Å²) in [5, 5.41) is 15.4. The lowest BCUT2D eigenvalue weighted by atomic mass is 10.3. The van der Waals surface area contributed by atoms with Crippen LogP contribution in [0.15, 0.2) is 52.9 Å². The van der Waals surface area contributed by atoms with Gasteiger partial charge in [-0.2, -0.15) is 0 Å². The Hall–Kier alpha value is -2.77. The van der Waals surface area contributed by atoms with Crippen LogP contribution in [0.4, 0.5) is 0 Å². The predicted molar refractivity (Wildman–Crippen MR) is 103 cm³/mol. The lowest BCUT2D eigenvalue weighted by Gasteiger charge is -2.13. The Morgan fingerprint density at radius 2 is 1.93 bits per heavy atom. The summed E-state index contributed by atoms with van der Waals surface area (Å²) in [6, 6.07) is 15.1. The summed E-state index contributed by atoms with van der Waals surface area (Å²) in [7, 11) is 1.60. The minimum absolute atomic E-state index is 0.00463. The number of hydrogen-bond acceptors (Lipinski definition) is 6. The van der Waals surface area contributed by atoms with Crippen molar-refractivity contribution >= 4 is 17.1 Å². The summed E-state index contributed by atoms with van der Waals surface area (Å²) in [6.07, 6.45) is -0.557. The summed E-state index contributed by atoms with van der Waals surface area (Å²) in [5.74, 6) is 1.54. The van der Waals surface area contributed by atoms with Crippen LogP contribution in [0.1, 0.15) is 6.92 Å². The number of amides is 1. The molecule has 2 aromatic heterocycles. The van der Waals surface area contributed by atoms with Gasteiger partial charge in [0.25, 0.3) is 0 Å². The Balaban J connectivity index is 0.000000465. The van der Waals surface area contributed by atoms with Crippen LogP contribution in [-0.2, 0) is 4.79 Å². The van der Waals surface area contributed by atoms with Gasteiger partial charge in [-0.15, -0.1) is 0 Å². The smallest absolute Gasteiger partial charge is 0.216 e. The SMILES string of the molecule is CNC(C)=O.OC(CNCCOc1cc2ccc1o2)COc1ccccc1. The van der Waals surface area contributed by atoms with Gasteiger partial charge in [-0.3, -0.25) is 4.79 Å². The van der Waals surface area contributed by atoms with Gasteiger partial charge in [-0.25, -0.2) is 0 Å². The first-order chi connectivity index (χ1) is 13.1. The average Bonchev–Trinajstić information content (AvgIpc) is 3.30. The molecule has 0 radical (unpaired) electrons. The lowest BCUT2D eigenvalue weighted by Crippen LogP contribution is -2.33. The number of carbonyl (C=O) groups is 1. The maximum Gasteiger partial charge on any atom is 0.216 e. The zero-order chi connectivity index (χ0) is 19.5. The van der Waals surface area contributed by atoms with E-state index in [1.807, 2.05) is 48.5 Å². The third-order valence-electron chi connectivity index (χ3n) is 3.60. The highest BCUT2D eigenvalue weighted by Gasteiger charge is 2.08. The number of para-hydroxylation sites is 1. The van der Waals surface area contributed by atoms with Crippen molar-refractivity contribution in [2.75, 3.05) is 33.4 Å². The number of aliphatic hydroxyl groups excluding tert-OH is 1. The minimum atomic E-state index is -0.557. The summed E-state index contributed by atoms with van der Waals surface area (Å²) in [5.41, 5.74) is 1.60. The molecule has 1 unspecified atom stereocenters. The van der Waals surface area contributed by atoms with E-state index < -0.39 is 6.10 Å². The molecule has 0 spiro atoms. The number of furan rings is 2. The molecule has 1 amide bonds. The van der Waals surface area contributed by atoms with Gasteiger partial charge in [0.05, 0.1) is 0 Å². The Morgan fingerprint density at radius 3 is 2.52 bits per heavy atom. The van der Waals surface area contributed by atoms with Crippen LogP contribution in [0.3, 0.4) is 0 Å². The fourth-order valence-electron chi connectivity index (χ4n) is 2.15. The number of hydrogen-bond donors (Lipinski definition) is 3. The molecule has 1 atom stereocenters. The molecule has 0 saturated heterocycles. The van der Waals surface area contributed by atoms with E-state index in [1.165, 1.54) is 6.92 Å². The number of carbonyl (C=O) groups excluding carboxylic acids is 1. The molecule has 2 bridgehead atoms. The van der Waals surface area contributed by atoms with Crippen LogP contribution < -0.4 is 20.1 Å². The van der Waals surface area contributed by atoms with Crippen molar-refractivity contribution in [3.63, 3.8) is 0 Å². The second-order valence-electron chi connectivity index (χ2n) is 5.85. The normalized spacial score (nSPS) is 11.5. The summed E-state index contributed by atoms with van der Waals surface area (Å²) in [4.78, 5) is 9.70. The monoisotopic (exact) mass is 374 g/mol. The molecule has 1 aromatic carbocycles. The first kappa shape index (κ1) is 20.5. The zero-order valence-corrected chi connectivity index (χ0v) is 15.6. The van der Waals surface area contributed by atoms with Gasteiger partial charge in [0.15, 0.2) is 11.3 Å². The molecular formula is C20H26N2O5. The number of ether oxygens (including phenoxy) is 2. The number of aliphatic hydroxyl groups is 1. The van der Waals surface area contributed by atoms with E-state index in [-0.39, 0.29) is 12.5 Å². The number of fused-ring (bicyclic) bond motifs is 2. The molecule has 3 aromatic rings. The van der Waals surface area contributed by atoms with E-state index in [1.54, 1.807) is 7.05 Å². The second kappa shape index (κ2) is 11.1. The molecular weight excluding hydrogens is 348 g/mol. The fraction of sp³-hybridized carbons (Fsp3) is 0.350. The highest BCUT2D eigenvalue weighted by molar-refractivity contribution is 5.72.